The Morgan fingerprint density at radius 2 is 2.05 bits per heavy atom. The van der Waals surface area contributed by atoms with Crippen molar-refractivity contribution in [1.82, 2.24) is 10.6 Å². The molecule has 1 saturated heterocycles. The Morgan fingerprint density at radius 1 is 1.35 bits per heavy atom. The van der Waals surface area contributed by atoms with Gasteiger partial charge < -0.3 is 10.6 Å². The molecule has 0 aromatic heterocycles. The van der Waals surface area contributed by atoms with Gasteiger partial charge in [0, 0.05) is 0 Å². The van der Waals surface area contributed by atoms with E-state index < -0.39 is 0 Å². The highest BCUT2D eigenvalue weighted by atomic mass is 16.2. The van der Waals surface area contributed by atoms with Gasteiger partial charge in [0.15, 0.2) is 0 Å². The Labute approximate surface area is 122 Å². The minimum absolute atomic E-state index is 0.00818. The van der Waals surface area contributed by atoms with Gasteiger partial charge >= 0.3 is 0 Å². The Morgan fingerprint density at radius 3 is 2.55 bits per heavy atom. The summed E-state index contributed by atoms with van der Waals surface area (Å²) in [6, 6.07) is 8.69. The summed E-state index contributed by atoms with van der Waals surface area (Å²) >= 11 is 0. The topological polar surface area (TPSA) is 41.1 Å². The van der Waals surface area contributed by atoms with Gasteiger partial charge in [0.25, 0.3) is 0 Å². The second-order valence-corrected chi connectivity index (χ2v) is 5.97. The van der Waals surface area contributed by atoms with Crippen LogP contribution in [0.5, 0.6) is 0 Å². The Balaban J connectivity index is 2.07. The van der Waals surface area contributed by atoms with E-state index >= 15 is 0 Å². The van der Waals surface area contributed by atoms with E-state index in [9.17, 15) is 4.79 Å². The lowest BCUT2D eigenvalue weighted by molar-refractivity contribution is -0.123. The lowest BCUT2D eigenvalue weighted by Crippen LogP contribution is -2.43. The van der Waals surface area contributed by atoms with E-state index in [4.69, 9.17) is 0 Å². The smallest absolute Gasteiger partial charge is 0.237 e. The third-order valence-electron chi connectivity index (χ3n) is 4.09. The molecular weight excluding hydrogens is 248 g/mol. The molecule has 0 saturated carbocycles. The second-order valence-electron chi connectivity index (χ2n) is 5.97. The molecule has 3 nitrogen and oxygen atoms in total. The van der Waals surface area contributed by atoms with Crippen LogP contribution in [-0.2, 0) is 11.2 Å². The Hall–Kier alpha value is -1.35. The fourth-order valence-corrected chi connectivity index (χ4v) is 2.76. The number of hydrogen-bond acceptors (Lipinski definition) is 2. The highest BCUT2D eigenvalue weighted by molar-refractivity contribution is 5.82. The molecule has 1 amide bonds. The van der Waals surface area contributed by atoms with Crippen molar-refractivity contribution in [1.29, 1.82) is 0 Å². The van der Waals surface area contributed by atoms with Crippen molar-refractivity contribution in [3.8, 4) is 0 Å². The number of carbonyl (C=O) groups is 1. The number of aryl methyl sites for hydroxylation is 1. The van der Waals surface area contributed by atoms with Crippen molar-refractivity contribution in [2.24, 2.45) is 5.92 Å². The zero-order valence-corrected chi connectivity index (χ0v) is 12.8. The largest absolute Gasteiger partial charge is 0.348 e. The summed E-state index contributed by atoms with van der Waals surface area (Å²) in [5.74, 6) is 0.522. The molecule has 3 heteroatoms. The van der Waals surface area contributed by atoms with Crippen LogP contribution in [0, 0.1) is 5.92 Å². The summed E-state index contributed by atoms with van der Waals surface area (Å²) in [5, 5.41) is 6.47. The molecule has 1 unspecified atom stereocenters. The van der Waals surface area contributed by atoms with E-state index in [-0.39, 0.29) is 18.0 Å². The first-order chi connectivity index (χ1) is 9.61. The van der Waals surface area contributed by atoms with E-state index in [0.29, 0.717) is 5.92 Å². The lowest BCUT2D eigenvalue weighted by atomic mass is 9.94. The molecule has 2 atom stereocenters. The summed E-state index contributed by atoms with van der Waals surface area (Å²) in [4.78, 5) is 12.3. The maximum absolute atomic E-state index is 12.3. The van der Waals surface area contributed by atoms with Gasteiger partial charge in [-0.3, -0.25) is 4.79 Å². The van der Waals surface area contributed by atoms with E-state index in [1.807, 2.05) is 0 Å². The van der Waals surface area contributed by atoms with Crippen molar-refractivity contribution >= 4 is 5.91 Å². The van der Waals surface area contributed by atoms with Gasteiger partial charge in [-0.2, -0.15) is 0 Å². The van der Waals surface area contributed by atoms with E-state index in [0.717, 1.165) is 25.8 Å². The number of carbonyl (C=O) groups excluding carboxylic acids is 1. The Bertz CT molecular complexity index is 433. The van der Waals surface area contributed by atoms with Gasteiger partial charge in [0.1, 0.15) is 0 Å². The van der Waals surface area contributed by atoms with E-state index in [1.165, 1.54) is 11.1 Å². The maximum atomic E-state index is 12.3. The lowest BCUT2D eigenvalue weighted by Gasteiger charge is -2.25. The third-order valence-corrected chi connectivity index (χ3v) is 4.09. The molecule has 2 rings (SSSR count). The second kappa shape index (κ2) is 6.89. The maximum Gasteiger partial charge on any atom is 0.237 e. The first-order valence-corrected chi connectivity index (χ1v) is 7.74. The summed E-state index contributed by atoms with van der Waals surface area (Å²) in [5.41, 5.74) is 2.53. The normalized spacial score (nSPS) is 20.1. The first-order valence-electron chi connectivity index (χ1n) is 7.74. The van der Waals surface area contributed by atoms with Crippen LogP contribution < -0.4 is 10.6 Å². The van der Waals surface area contributed by atoms with Crippen LogP contribution in [0.3, 0.4) is 0 Å². The number of hydrogen-bond donors (Lipinski definition) is 2. The molecule has 0 spiro atoms. The molecule has 0 radical (unpaired) electrons. The van der Waals surface area contributed by atoms with Crippen LogP contribution in [0.4, 0.5) is 0 Å². The minimum Gasteiger partial charge on any atom is -0.348 e. The molecule has 0 bridgehead atoms. The van der Waals surface area contributed by atoms with Crippen LogP contribution in [0.15, 0.2) is 24.3 Å². The molecule has 1 aliphatic heterocycles. The molecule has 1 aromatic rings. The van der Waals surface area contributed by atoms with Crippen molar-refractivity contribution in [2.45, 2.75) is 52.1 Å². The van der Waals surface area contributed by atoms with E-state index in [2.05, 4.69) is 55.7 Å². The summed E-state index contributed by atoms with van der Waals surface area (Å²) in [6.45, 7) is 7.42. The summed E-state index contributed by atoms with van der Waals surface area (Å²) in [7, 11) is 0. The molecule has 0 aliphatic carbocycles. The number of rotatable bonds is 5. The average Bonchev–Trinajstić information content (AvgIpc) is 2.98. The molecule has 1 heterocycles. The van der Waals surface area contributed by atoms with Crippen LogP contribution in [-0.4, -0.2) is 18.5 Å². The van der Waals surface area contributed by atoms with Crippen LogP contribution in [0.2, 0.25) is 0 Å². The molecule has 1 fully saturated rings. The average molecular weight is 274 g/mol. The van der Waals surface area contributed by atoms with Gasteiger partial charge in [-0.25, -0.2) is 0 Å². The highest BCUT2D eigenvalue weighted by Crippen LogP contribution is 2.23. The van der Waals surface area contributed by atoms with Gasteiger partial charge in [-0.1, -0.05) is 45.0 Å². The van der Waals surface area contributed by atoms with Crippen molar-refractivity contribution in [2.75, 3.05) is 6.54 Å². The molecule has 110 valence electrons. The van der Waals surface area contributed by atoms with Gasteiger partial charge in [0.2, 0.25) is 5.91 Å². The van der Waals surface area contributed by atoms with Crippen LogP contribution >= 0.6 is 0 Å². The number of benzene rings is 1. The molecule has 2 N–H and O–H groups in total. The summed E-state index contributed by atoms with van der Waals surface area (Å²) < 4.78 is 0. The fraction of sp³-hybridized carbons (Fsp3) is 0.588. The van der Waals surface area contributed by atoms with Crippen LogP contribution in [0.25, 0.3) is 0 Å². The minimum atomic E-state index is -0.00818. The van der Waals surface area contributed by atoms with Gasteiger partial charge in [-0.05, 0) is 42.9 Å². The standard InChI is InChI=1S/C17H26N2O/c1-4-13-7-9-14(10-8-13)16(12(2)3)19-17(20)15-6-5-11-18-15/h7-10,12,15-16,18H,4-6,11H2,1-3H3,(H,19,20)/t15-,16?/m1/s1. The van der Waals surface area contributed by atoms with Crippen LogP contribution in [0.1, 0.15) is 50.8 Å². The quantitative estimate of drug-likeness (QED) is 0.867. The SMILES string of the molecule is CCc1ccc(C(NC(=O)[C@H]2CCCN2)C(C)C)cc1. The van der Waals surface area contributed by atoms with Crippen molar-refractivity contribution < 1.29 is 4.79 Å². The molecule has 1 aromatic carbocycles. The predicted octanol–water partition coefficient (Wildman–Crippen LogP) is 2.81. The number of amides is 1. The van der Waals surface area contributed by atoms with E-state index in [1.54, 1.807) is 0 Å². The fourth-order valence-electron chi connectivity index (χ4n) is 2.76. The molecule has 20 heavy (non-hydrogen) atoms. The monoisotopic (exact) mass is 274 g/mol. The predicted molar refractivity (Wildman–Crippen MR) is 82.6 cm³/mol. The first kappa shape index (κ1) is 15.0. The van der Waals surface area contributed by atoms with Crippen molar-refractivity contribution in [3.63, 3.8) is 0 Å². The van der Waals surface area contributed by atoms with Crippen molar-refractivity contribution in [3.05, 3.63) is 35.4 Å². The highest BCUT2D eigenvalue weighted by Gasteiger charge is 2.26. The van der Waals surface area contributed by atoms with Gasteiger partial charge in [-0.15, -0.1) is 0 Å². The summed E-state index contributed by atoms with van der Waals surface area (Å²) in [6.07, 6.45) is 3.09. The molecular formula is C17H26N2O. The zero-order chi connectivity index (χ0) is 14.5. The zero-order valence-electron chi connectivity index (χ0n) is 12.8. The molecule has 1 aliphatic rings. The van der Waals surface area contributed by atoms with Gasteiger partial charge in [0.05, 0.1) is 12.1 Å². The third kappa shape index (κ3) is 3.60. The number of nitrogens with one attached hydrogen (secondary N) is 2. The Kier molecular flexibility index (Phi) is 5.18.